The molecule has 2 heterocycles. The zero-order valence-corrected chi connectivity index (χ0v) is 13.5. The lowest BCUT2D eigenvalue weighted by atomic mass is 9.86. The van der Waals surface area contributed by atoms with Crippen LogP contribution in [0.3, 0.4) is 0 Å². The number of carbonyl (C=O) groups excluding carboxylic acids is 1. The maximum absolute atomic E-state index is 12.4. The molecule has 1 aliphatic rings. The Bertz CT molecular complexity index is 705. The van der Waals surface area contributed by atoms with Crippen LogP contribution in [0.15, 0.2) is 29.6 Å². The van der Waals surface area contributed by atoms with Crippen molar-refractivity contribution in [1.29, 1.82) is 0 Å². The highest BCUT2D eigenvalue weighted by molar-refractivity contribution is 7.17. The van der Waals surface area contributed by atoms with Crippen molar-refractivity contribution in [3.8, 4) is 0 Å². The topological polar surface area (TPSA) is 75.6 Å². The van der Waals surface area contributed by atoms with Crippen molar-refractivity contribution in [2.75, 3.05) is 19.8 Å². The van der Waals surface area contributed by atoms with Crippen LogP contribution >= 0.6 is 11.3 Å². The van der Waals surface area contributed by atoms with Crippen LogP contribution in [0.1, 0.15) is 23.2 Å². The number of ether oxygens (including phenoxy) is 1. The first-order valence-electron chi connectivity index (χ1n) is 7.72. The summed E-state index contributed by atoms with van der Waals surface area (Å²) in [7, 11) is 0. The third kappa shape index (κ3) is 3.54. The van der Waals surface area contributed by atoms with Crippen molar-refractivity contribution in [1.82, 2.24) is 5.32 Å². The lowest BCUT2D eigenvalue weighted by Crippen LogP contribution is -2.38. The second-order valence-corrected chi connectivity index (χ2v) is 6.66. The molecule has 2 N–H and O–H groups in total. The molecule has 1 fully saturated rings. The molecular weight excluding hydrogens is 314 g/mol. The highest BCUT2D eigenvalue weighted by atomic mass is 32.1. The Hall–Kier alpha value is -1.92. The number of carboxylic acid groups (broad SMARTS) is 1. The fourth-order valence-corrected chi connectivity index (χ4v) is 3.97. The fourth-order valence-electron chi connectivity index (χ4n) is 3.03. The molecule has 3 rings (SSSR count). The molecule has 0 aliphatic carbocycles. The smallest absolute Gasteiger partial charge is 0.308 e. The van der Waals surface area contributed by atoms with E-state index in [1.807, 2.05) is 29.6 Å². The summed E-state index contributed by atoms with van der Waals surface area (Å²) in [6.07, 6.45) is 1.46. The molecule has 2 aromatic rings. The molecule has 5 nitrogen and oxygen atoms in total. The molecule has 1 saturated heterocycles. The molecule has 0 spiro atoms. The molecule has 1 aromatic heterocycles. The van der Waals surface area contributed by atoms with Gasteiger partial charge in [-0.15, -0.1) is 11.3 Å². The summed E-state index contributed by atoms with van der Waals surface area (Å²) in [6.45, 7) is 1.35. The van der Waals surface area contributed by atoms with Gasteiger partial charge in [0, 0.05) is 35.2 Å². The molecule has 23 heavy (non-hydrogen) atoms. The molecule has 0 bridgehead atoms. The van der Waals surface area contributed by atoms with E-state index >= 15 is 0 Å². The Kier molecular flexibility index (Phi) is 4.93. The van der Waals surface area contributed by atoms with E-state index in [0.717, 1.165) is 22.9 Å². The van der Waals surface area contributed by atoms with Crippen LogP contribution in [-0.4, -0.2) is 36.7 Å². The van der Waals surface area contributed by atoms with Crippen molar-refractivity contribution in [2.24, 2.45) is 11.8 Å². The molecule has 0 radical (unpaired) electrons. The summed E-state index contributed by atoms with van der Waals surface area (Å²) in [5, 5.41) is 15.0. The van der Waals surface area contributed by atoms with Gasteiger partial charge in [0.2, 0.25) is 0 Å². The minimum absolute atomic E-state index is 0.0563. The number of carboxylic acids is 1. The maximum Gasteiger partial charge on any atom is 0.308 e. The second-order valence-electron chi connectivity index (χ2n) is 5.75. The zero-order chi connectivity index (χ0) is 16.2. The second kappa shape index (κ2) is 7.10. The number of amides is 1. The van der Waals surface area contributed by atoms with Gasteiger partial charge in [0.15, 0.2) is 0 Å². The third-order valence-corrected chi connectivity index (χ3v) is 5.32. The van der Waals surface area contributed by atoms with E-state index in [2.05, 4.69) is 5.32 Å². The summed E-state index contributed by atoms with van der Waals surface area (Å²) >= 11 is 1.52. The van der Waals surface area contributed by atoms with Crippen LogP contribution in [-0.2, 0) is 9.53 Å². The largest absolute Gasteiger partial charge is 0.481 e. The number of nitrogens with one attached hydrogen (secondary N) is 1. The number of hydrogen-bond acceptors (Lipinski definition) is 4. The summed E-state index contributed by atoms with van der Waals surface area (Å²) in [4.78, 5) is 23.9. The molecule has 122 valence electrons. The molecule has 6 heteroatoms. The highest BCUT2D eigenvalue weighted by Crippen LogP contribution is 2.26. The summed E-state index contributed by atoms with van der Waals surface area (Å²) in [6, 6.07) is 7.72. The highest BCUT2D eigenvalue weighted by Gasteiger charge is 2.30. The molecule has 1 aliphatic heterocycles. The van der Waals surface area contributed by atoms with Crippen LogP contribution in [0, 0.1) is 11.8 Å². The first-order chi connectivity index (χ1) is 11.2. The SMILES string of the molecule is O=C(NCC(C(=O)O)C1CCOCC1)c1csc2ccccc12. The standard InChI is InChI=1S/C17H19NO4S/c19-16(14-10-23-15-4-2-1-3-12(14)15)18-9-13(17(20)21)11-5-7-22-8-6-11/h1-4,10-11,13H,5-9H2,(H,18,19)(H,20,21). The normalized spacial score (nSPS) is 17.0. The van der Waals surface area contributed by atoms with Crippen LogP contribution in [0.25, 0.3) is 10.1 Å². The van der Waals surface area contributed by atoms with Gasteiger partial charge in [0.1, 0.15) is 0 Å². The van der Waals surface area contributed by atoms with Gasteiger partial charge in [-0.2, -0.15) is 0 Å². The fraction of sp³-hybridized carbons (Fsp3) is 0.412. The van der Waals surface area contributed by atoms with Gasteiger partial charge in [0.05, 0.1) is 11.5 Å². The number of fused-ring (bicyclic) bond motifs is 1. The van der Waals surface area contributed by atoms with Crippen molar-refractivity contribution in [2.45, 2.75) is 12.8 Å². The molecule has 1 atom stereocenters. The average Bonchev–Trinajstić information content (AvgIpc) is 2.99. The number of carbonyl (C=O) groups is 2. The Labute approximate surface area is 138 Å². The monoisotopic (exact) mass is 333 g/mol. The summed E-state index contributed by atoms with van der Waals surface area (Å²) in [5.74, 6) is -1.57. The number of rotatable bonds is 5. The van der Waals surface area contributed by atoms with Crippen molar-refractivity contribution < 1.29 is 19.4 Å². The molecule has 1 aromatic carbocycles. The van der Waals surface area contributed by atoms with Crippen LogP contribution in [0.2, 0.25) is 0 Å². The van der Waals surface area contributed by atoms with E-state index in [4.69, 9.17) is 4.74 Å². The summed E-state index contributed by atoms with van der Waals surface area (Å²) < 4.78 is 6.34. The molecule has 1 unspecified atom stereocenters. The Morgan fingerprint density at radius 1 is 1.30 bits per heavy atom. The average molecular weight is 333 g/mol. The van der Waals surface area contributed by atoms with Crippen LogP contribution in [0.4, 0.5) is 0 Å². The van der Waals surface area contributed by atoms with Gasteiger partial charge in [-0.1, -0.05) is 18.2 Å². The lowest BCUT2D eigenvalue weighted by Gasteiger charge is -2.27. The van der Waals surface area contributed by atoms with Gasteiger partial charge >= 0.3 is 5.97 Å². The zero-order valence-electron chi connectivity index (χ0n) is 12.7. The minimum Gasteiger partial charge on any atom is -0.481 e. The Balaban J connectivity index is 1.68. The van der Waals surface area contributed by atoms with Gasteiger partial charge in [-0.3, -0.25) is 9.59 Å². The van der Waals surface area contributed by atoms with Crippen LogP contribution in [0.5, 0.6) is 0 Å². The number of benzene rings is 1. The molecule has 1 amide bonds. The predicted octanol–water partition coefficient (Wildman–Crippen LogP) is 2.76. The van der Waals surface area contributed by atoms with E-state index in [9.17, 15) is 14.7 Å². The van der Waals surface area contributed by atoms with Gasteiger partial charge < -0.3 is 15.2 Å². The van der Waals surface area contributed by atoms with Gasteiger partial charge in [0.25, 0.3) is 5.91 Å². The first kappa shape index (κ1) is 16.0. The maximum atomic E-state index is 12.4. The third-order valence-electron chi connectivity index (χ3n) is 4.36. The van der Waals surface area contributed by atoms with E-state index in [1.165, 1.54) is 11.3 Å². The molecular formula is C17H19NO4S. The lowest BCUT2D eigenvalue weighted by molar-refractivity contribution is -0.144. The van der Waals surface area contributed by atoms with Crippen molar-refractivity contribution >= 4 is 33.3 Å². The molecule has 0 saturated carbocycles. The quantitative estimate of drug-likeness (QED) is 0.882. The first-order valence-corrected chi connectivity index (χ1v) is 8.60. The van der Waals surface area contributed by atoms with Gasteiger partial charge in [-0.05, 0) is 24.8 Å². The Morgan fingerprint density at radius 3 is 2.78 bits per heavy atom. The van der Waals surface area contributed by atoms with Crippen LogP contribution < -0.4 is 5.32 Å². The van der Waals surface area contributed by atoms with E-state index in [0.29, 0.717) is 18.8 Å². The Morgan fingerprint density at radius 2 is 2.04 bits per heavy atom. The van der Waals surface area contributed by atoms with Crippen molar-refractivity contribution in [3.05, 3.63) is 35.2 Å². The summed E-state index contributed by atoms with van der Waals surface area (Å²) in [5.41, 5.74) is 0.613. The van der Waals surface area contributed by atoms with E-state index in [-0.39, 0.29) is 18.4 Å². The minimum atomic E-state index is -0.854. The number of aliphatic carboxylic acids is 1. The van der Waals surface area contributed by atoms with Gasteiger partial charge in [-0.25, -0.2) is 0 Å². The number of hydrogen-bond donors (Lipinski definition) is 2. The number of thiophene rings is 1. The predicted molar refractivity (Wildman–Crippen MR) is 88.8 cm³/mol. The van der Waals surface area contributed by atoms with E-state index < -0.39 is 11.9 Å². The van der Waals surface area contributed by atoms with Crippen molar-refractivity contribution in [3.63, 3.8) is 0 Å². The van der Waals surface area contributed by atoms with E-state index in [1.54, 1.807) is 0 Å².